The highest BCUT2D eigenvalue weighted by Gasteiger charge is 2.42. The van der Waals surface area contributed by atoms with Crippen LogP contribution in [0.2, 0.25) is 0 Å². The Morgan fingerprint density at radius 2 is 1.74 bits per heavy atom. The summed E-state index contributed by atoms with van der Waals surface area (Å²) in [5.74, 6) is -1.88. The van der Waals surface area contributed by atoms with Crippen molar-refractivity contribution >= 4 is 11.8 Å². The van der Waals surface area contributed by atoms with Crippen LogP contribution in [-0.4, -0.2) is 54.0 Å². The van der Waals surface area contributed by atoms with E-state index in [4.69, 9.17) is 0 Å². The fourth-order valence-corrected chi connectivity index (χ4v) is 2.90. The molecule has 2 amide bonds. The van der Waals surface area contributed by atoms with E-state index in [2.05, 4.69) is 0 Å². The van der Waals surface area contributed by atoms with E-state index in [1.54, 1.807) is 4.90 Å². The van der Waals surface area contributed by atoms with Crippen molar-refractivity contribution in [3.05, 3.63) is 0 Å². The lowest BCUT2D eigenvalue weighted by Crippen LogP contribution is -2.45. The maximum absolute atomic E-state index is 12.8. The highest BCUT2D eigenvalue weighted by atomic mass is 19.4. The molecule has 1 heterocycles. The molecule has 0 bridgehead atoms. The molecule has 23 heavy (non-hydrogen) atoms. The van der Waals surface area contributed by atoms with Crippen LogP contribution in [0.5, 0.6) is 0 Å². The Morgan fingerprint density at radius 3 is 2.26 bits per heavy atom. The first-order valence-electron chi connectivity index (χ1n) is 8.41. The number of alkyl halides is 3. The largest absolute Gasteiger partial charge is 0.393 e. The van der Waals surface area contributed by atoms with E-state index in [-0.39, 0.29) is 37.6 Å². The highest BCUT2D eigenvalue weighted by molar-refractivity contribution is 5.83. The molecule has 0 aromatic rings. The summed E-state index contributed by atoms with van der Waals surface area (Å²) in [6.45, 7) is 5.34. The van der Waals surface area contributed by atoms with Crippen molar-refractivity contribution < 1.29 is 22.8 Å². The SMILES string of the molecule is CCCN(CCC)C(=O)CCC(=O)N1CCC[C@H](C(F)(F)F)C1. The van der Waals surface area contributed by atoms with Crippen molar-refractivity contribution in [3.63, 3.8) is 0 Å². The van der Waals surface area contributed by atoms with Gasteiger partial charge in [0.2, 0.25) is 11.8 Å². The zero-order valence-electron chi connectivity index (χ0n) is 14.0. The van der Waals surface area contributed by atoms with Gasteiger partial charge in [0.15, 0.2) is 0 Å². The zero-order chi connectivity index (χ0) is 17.5. The number of halogens is 3. The third kappa shape index (κ3) is 6.39. The van der Waals surface area contributed by atoms with Crippen LogP contribution >= 0.6 is 0 Å². The van der Waals surface area contributed by atoms with Crippen molar-refractivity contribution in [2.75, 3.05) is 26.2 Å². The van der Waals surface area contributed by atoms with E-state index >= 15 is 0 Å². The lowest BCUT2D eigenvalue weighted by molar-refractivity contribution is -0.188. The number of rotatable bonds is 7. The average molecular weight is 336 g/mol. The normalized spacial score (nSPS) is 18.8. The van der Waals surface area contributed by atoms with Gasteiger partial charge >= 0.3 is 6.18 Å². The van der Waals surface area contributed by atoms with Crippen LogP contribution in [0.25, 0.3) is 0 Å². The van der Waals surface area contributed by atoms with Gasteiger partial charge in [-0.2, -0.15) is 13.2 Å². The van der Waals surface area contributed by atoms with Gasteiger partial charge in [0.1, 0.15) is 0 Å². The van der Waals surface area contributed by atoms with Gasteiger partial charge in [-0.05, 0) is 25.7 Å². The van der Waals surface area contributed by atoms with Gasteiger partial charge in [-0.1, -0.05) is 13.8 Å². The van der Waals surface area contributed by atoms with E-state index < -0.39 is 12.1 Å². The molecule has 0 aromatic heterocycles. The summed E-state index contributed by atoms with van der Waals surface area (Å²) in [7, 11) is 0. The first-order valence-corrected chi connectivity index (χ1v) is 8.41. The maximum Gasteiger partial charge on any atom is 0.393 e. The lowest BCUT2D eigenvalue weighted by Gasteiger charge is -2.34. The van der Waals surface area contributed by atoms with E-state index in [0.717, 1.165) is 12.8 Å². The number of carbonyl (C=O) groups excluding carboxylic acids is 2. The fourth-order valence-electron chi connectivity index (χ4n) is 2.90. The van der Waals surface area contributed by atoms with Gasteiger partial charge < -0.3 is 9.80 Å². The molecule has 0 aromatic carbocycles. The molecule has 1 aliphatic rings. The number of carbonyl (C=O) groups is 2. The van der Waals surface area contributed by atoms with Gasteiger partial charge in [0, 0.05) is 39.0 Å². The highest BCUT2D eigenvalue weighted by Crippen LogP contribution is 2.33. The van der Waals surface area contributed by atoms with E-state index in [9.17, 15) is 22.8 Å². The second-order valence-electron chi connectivity index (χ2n) is 6.10. The number of nitrogens with zero attached hydrogens (tertiary/aromatic N) is 2. The van der Waals surface area contributed by atoms with E-state index in [0.29, 0.717) is 26.1 Å². The van der Waals surface area contributed by atoms with Crippen molar-refractivity contribution in [1.29, 1.82) is 0 Å². The molecule has 0 saturated carbocycles. The third-order valence-electron chi connectivity index (χ3n) is 4.13. The molecule has 1 atom stereocenters. The Labute approximate surface area is 136 Å². The van der Waals surface area contributed by atoms with Crippen molar-refractivity contribution in [3.8, 4) is 0 Å². The second kappa shape index (κ2) is 9.13. The summed E-state index contributed by atoms with van der Waals surface area (Å²) >= 11 is 0. The number of hydrogen-bond donors (Lipinski definition) is 0. The molecular formula is C16H27F3N2O2. The van der Waals surface area contributed by atoms with Crippen molar-refractivity contribution in [2.45, 2.75) is 58.5 Å². The summed E-state index contributed by atoms with van der Waals surface area (Å²) in [6, 6.07) is 0. The Bertz CT molecular complexity index is 393. The van der Waals surface area contributed by atoms with Crippen LogP contribution in [-0.2, 0) is 9.59 Å². The number of piperidine rings is 1. The zero-order valence-corrected chi connectivity index (χ0v) is 14.0. The average Bonchev–Trinajstić information content (AvgIpc) is 2.51. The minimum Gasteiger partial charge on any atom is -0.343 e. The van der Waals surface area contributed by atoms with Gasteiger partial charge in [0.25, 0.3) is 0 Å². The molecule has 0 spiro atoms. The van der Waals surface area contributed by atoms with Crippen LogP contribution < -0.4 is 0 Å². The Balaban J connectivity index is 2.47. The van der Waals surface area contributed by atoms with Crippen LogP contribution in [0.15, 0.2) is 0 Å². The summed E-state index contributed by atoms with van der Waals surface area (Å²) in [6.07, 6.45) is -2.06. The van der Waals surface area contributed by atoms with Crippen LogP contribution in [0.3, 0.4) is 0 Å². The molecule has 0 N–H and O–H groups in total. The van der Waals surface area contributed by atoms with Crippen LogP contribution in [0, 0.1) is 5.92 Å². The van der Waals surface area contributed by atoms with Gasteiger partial charge in [-0.25, -0.2) is 0 Å². The Kier molecular flexibility index (Phi) is 7.85. The molecule has 0 aliphatic carbocycles. The molecule has 1 fully saturated rings. The third-order valence-corrected chi connectivity index (χ3v) is 4.13. The monoisotopic (exact) mass is 336 g/mol. The summed E-state index contributed by atoms with van der Waals surface area (Å²) in [5.41, 5.74) is 0. The molecule has 1 rings (SSSR count). The van der Waals surface area contributed by atoms with Gasteiger partial charge in [0.05, 0.1) is 5.92 Å². The summed E-state index contributed by atoms with van der Waals surface area (Å²) in [5, 5.41) is 0. The molecular weight excluding hydrogens is 309 g/mol. The quantitative estimate of drug-likeness (QED) is 0.716. The molecule has 0 unspecified atom stereocenters. The van der Waals surface area contributed by atoms with E-state index in [1.807, 2.05) is 13.8 Å². The molecule has 1 aliphatic heterocycles. The standard InChI is InChI=1S/C16H27F3N2O2/c1-3-9-20(10-4-2)14(22)7-8-15(23)21-11-5-6-13(12-21)16(17,18)19/h13H,3-12H2,1-2H3/t13-/m0/s1. The molecule has 7 heteroatoms. The second-order valence-corrected chi connectivity index (χ2v) is 6.10. The lowest BCUT2D eigenvalue weighted by atomic mass is 9.97. The van der Waals surface area contributed by atoms with Crippen LogP contribution in [0.4, 0.5) is 13.2 Å². The maximum atomic E-state index is 12.8. The predicted octanol–water partition coefficient (Wildman–Crippen LogP) is 3.22. The van der Waals surface area contributed by atoms with Gasteiger partial charge in [-0.15, -0.1) is 0 Å². The topological polar surface area (TPSA) is 40.6 Å². The minimum atomic E-state index is -4.26. The first-order chi connectivity index (χ1) is 10.8. The van der Waals surface area contributed by atoms with Crippen LogP contribution in [0.1, 0.15) is 52.4 Å². The summed E-state index contributed by atoms with van der Waals surface area (Å²) in [4.78, 5) is 27.2. The fraction of sp³-hybridized carbons (Fsp3) is 0.875. The molecule has 1 saturated heterocycles. The number of hydrogen-bond acceptors (Lipinski definition) is 2. The number of likely N-dealkylation sites (tertiary alicyclic amines) is 1. The molecule has 4 nitrogen and oxygen atoms in total. The molecule has 134 valence electrons. The Hall–Kier alpha value is -1.27. The molecule has 0 radical (unpaired) electrons. The minimum absolute atomic E-state index is 0.00661. The van der Waals surface area contributed by atoms with E-state index in [1.165, 1.54) is 4.90 Å². The predicted molar refractivity (Wildman–Crippen MR) is 81.8 cm³/mol. The number of amides is 2. The smallest absolute Gasteiger partial charge is 0.343 e. The summed E-state index contributed by atoms with van der Waals surface area (Å²) < 4.78 is 38.3. The first kappa shape index (κ1) is 19.8. The Morgan fingerprint density at radius 1 is 1.13 bits per heavy atom. The van der Waals surface area contributed by atoms with Crippen molar-refractivity contribution in [2.24, 2.45) is 5.92 Å². The van der Waals surface area contributed by atoms with Gasteiger partial charge in [-0.3, -0.25) is 9.59 Å². The van der Waals surface area contributed by atoms with Crippen molar-refractivity contribution in [1.82, 2.24) is 9.80 Å².